The maximum Gasteiger partial charge on any atom is 0.321 e. The van der Waals surface area contributed by atoms with E-state index in [4.69, 9.17) is 0 Å². The molecule has 3 heteroatoms. The molecule has 0 saturated carbocycles. The van der Waals surface area contributed by atoms with Gasteiger partial charge >= 0.3 is 6.03 Å². The summed E-state index contributed by atoms with van der Waals surface area (Å²) in [4.78, 5) is 14.1. The molecule has 3 nitrogen and oxygen atoms in total. The molecule has 2 amide bonds. The highest BCUT2D eigenvalue weighted by atomic mass is 16.2. The number of anilines is 1. The standard InChI is InChI=1S/C15H22N2O/c1-11-6-7-13(3)14(9-11)16-15(18)17-8-4-5-12(2)10-17/h6-7,9,12H,4-5,8,10H2,1-3H3,(H,16,18)/t12-/m1/s1. The number of carbonyl (C=O) groups is 1. The molecule has 1 aliphatic heterocycles. The number of benzene rings is 1. The van der Waals surface area contributed by atoms with Crippen LogP contribution in [0.3, 0.4) is 0 Å². The molecule has 0 radical (unpaired) electrons. The molecule has 0 aliphatic carbocycles. The molecular weight excluding hydrogens is 224 g/mol. The fourth-order valence-electron chi connectivity index (χ4n) is 2.44. The molecule has 0 bridgehead atoms. The maximum atomic E-state index is 12.2. The van der Waals surface area contributed by atoms with Gasteiger partial charge in [-0.15, -0.1) is 0 Å². The van der Waals surface area contributed by atoms with Crippen molar-refractivity contribution in [2.24, 2.45) is 5.92 Å². The Kier molecular flexibility index (Phi) is 3.90. The quantitative estimate of drug-likeness (QED) is 0.807. The zero-order valence-electron chi connectivity index (χ0n) is 11.5. The Hall–Kier alpha value is -1.51. The summed E-state index contributed by atoms with van der Waals surface area (Å²) < 4.78 is 0. The average Bonchev–Trinajstić information content (AvgIpc) is 2.34. The van der Waals surface area contributed by atoms with Crippen molar-refractivity contribution in [1.82, 2.24) is 4.90 Å². The van der Waals surface area contributed by atoms with E-state index in [-0.39, 0.29) is 6.03 Å². The third kappa shape index (κ3) is 3.03. The van der Waals surface area contributed by atoms with Crippen molar-refractivity contribution in [2.45, 2.75) is 33.6 Å². The molecule has 1 aliphatic rings. The van der Waals surface area contributed by atoms with E-state index in [1.54, 1.807) is 0 Å². The van der Waals surface area contributed by atoms with Crippen molar-refractivity contribution < 1.29 is 4.79 Å². The molecule has 1 atom stereocenters. The largest absolute Gasteiger partial charge is 0.324 e. The van der Waals surface area contributed by atoms with Crippen LogP contribution < -0.4 is 5.32 Å². The number of nitrogens with one attached hydrogen (secondary N) is 1. The van der Waals surface area contributed by atoms with Gasteiger partial charge in [0.1, 0.15) is 0 Å². The molecule has 1 aromatic rings. The van der Waals surface area contributed by atoms with E-state index < -0.39 is 0 Å². The number of hydrogen-bond acceptors (Lipinski definition) is 1. The number of urea groups is 1. The summed E-state index contributed by atoms with van der Waals surface area (Å²) in [5, 5.41) is 3.03. The first-order valence-electron chi connectivity index (χ1n) is 6.69. The topological polar surface area (TPSA) is 32.3 Å². The second-order valence-electron chi connectivity index (χ2n) is 5.44. The van der Waals surface area contributed by atoms with E-state index >= 15 is 0 Å². The van der Waals surface area contributed by atoms with Gasteiger partial charge in [0.2, 0.25) is 0 Å². The van der Waals surface area contributed by atoms with Crippen LogP contribution in [0, 0.1) is 19.8 Å². The van der Waals surface area contributed by atoms with E-state index in [2.05, 4.69) is 18.3 Å². The van der Waals surface area contributed by atoms with Gasteiger partial charge in [0, 0.05) is 18.8 Å². The Labute approximate surface area is 109 Å². The van der Waals surface area contributed by atoms with Crippen LogP contribution in [0.25, 0.3) is 0 Å². The van der Waals surface area contributed by atoms with Crippen molar-refractivity contribution in [3.05, 3.63) is 29.3 Å². The fourth-order valence-corrected chi connectivity index (χ4v) is 2.44. The molecule has 0 aromatic heterocycles. The smallest absolute Gasteiger partial charge is 0.321 e. The van der Waals surface area contributed by atoms with Crippen LogP contribution in [0.2, 0.25) is 0 Å². The van der Waals surface area contributed by atoms with Crippen LogP contribution in [0.1, 0.15) is 30.9 Å². The van der Waals surface area contributed by atoms with Crippen LogP contribution >= 0.6 is 0 Å². The molecule has 18 heavy (non-hydrogen) atoms. The van der Waals surface area contributed by atoms with E-state index in [0.717, 1.165) is 30.8 Å². The number of piperidine rings is 1. The van der Waals surface area contributed by atoms with Gasteiger partial charge in [-0.25, -0.2) is 4.79 Å². The zero-order chi connectivity index (χ0) is 13.1. The second kappa shape index (κ2) is 5.42. The fraction of sp³-hybridized carbons (Fsp3) is 0.533. The molecule has 98 valence electrons. The molecule has 1 saturated heterocycles. The monoisotopic (exact) mass is 246 g/mol. The Morgan fingerprint density at radius 3 is 2.89 bits per heavy atom. The summed E-state index contributed by atoms with van der Waals surface area (Å²) in [6, 6.07) is 6.17. The minimum absolute atomic E-state index is 0.0373. The van der Waals surface area contributed by atoms with E-state index in [9.17, 15) is 4.79 Å². The summed E-state index contributed by atoms with van der Waals surface area (Å²) in [5.41, 5.74) is 3.21. The van der Waals surface area contributed by atoms with Gasteiger partial charge in [-0.3, -0.25) is 0 Å². The van der Waals surface area contributed by atoms with Crippen LogP contribution in [0.5, 0.6) is 0 Å². The number of rotatable bonds is 1. The molecule has 1 fully saturated rings. The van der Waals surface area contributed by atoms with Gasteiger partial charge in [0.25, 0.3) is 0 Å². The highest BCUT2D eigenvalue weighted by molar-refractivity contribution is 5.90. The molecule has 2 rings (SSSR count). The SMILES string of the molecule is Cc1ccc(C)c(NC(=O)N2CCC[C@@H](C)C2)c1. The first-order valence-corrected chi connectivity index (χ1v) is 6.69. The molecule has 0 spiro atoms. The molecule has 1 aromatic carbocycles. The lowest BCUT2D eigenvalue weighted by Crippen LogP contribution is -2.41. The van der Waals surface area contributed by atoms with Crippen LogP contribution in [-0.2, 0) is 0 Å². The molecular formula is C15H22N2O. The Morgan fingerprint density at radius 2 is 2.17 bits per heavy atom. The molecule has 1 heterocycles. The first kappa shape index (κ1) is 12.9. The summed E-state index contributed by atoms with van der Waals surface area (Å²) in [5.74, 6) is 0.614. The van der Waals surface area contributed by atoms with Crippen molar-refractivity contribution in [1.29, 1.82) is 0 Å². The number of likely N-dealkylation sites (tertiary alicyclic amines) is 1. The third-order valence-corrected chi connectivity index (χ3v) is 3.58. The lowest BCUT2D eigenvalue weighted by molar-refractivity contribution is 0.182. The van der Waals surface area contributed by atoms with Gasteiger partial charge in [-0.1, -0.05) is 19.1 Å². The highest BCUT2D eigenvalue weighted by Crippen LogP contribution is 2.19. The van der Waals surface area contributed by atoms with Gasteiger partial charge in [-0.05, 0) is 49.8 Å². The third-order valence-electron chi connectivity index (χ3n) is 3.58. The number of hydrogen-bond donors (Lipinski definition) is 1. The van der Waals surface area contributed by atoms with E-state index in [1.165, 1.54) is 12.0 Å². The van der Waals surface area contributed by atoms with Gasteiger partial charge in [0.15, 0.2) is 0 Å². The highest BCUT2D eigenvalue weighted by Gasteiger charge is 2.21. The van der Waals surface area contributed by atoms with Crippen molar-refractivity contribution in [3.8, 4) is 0 Å². The zero-order valence-corrected chi connectivity index (χ0v) is 11.5. The Balaban J connectivity index is 2.04. The minimum Gasteiger partial charge on any atom is -0.324 e. The normalized spacial score (nSPS) is 19.7. The van der Waals surface area contributed by atoms with Crippen LogP contribution in [0.15, 0.2) is 18.2 Å². The van der Waals surface area contributed by atoms with E-state index in [1.807, 2.05) is 30.9 Å². The second-order valence-corrected chi connectivity index (χ2v) is 5.44. The lowest BCUT2D eigenvalue weighted by Gasteiger charge is -2.31. The molecule has 0 unspecified atom stereocenters. The van der Waals surface area contributed by atoms with Crippen molar-refractivity contribution in [2.75, 3.05) is 18.4 Å². The van der Waals surface area contributed by atoms with Crippen LogP contribution in [0.4, 0.5) is 10.5 Å². The maximum absolute atomic E-state index is 12.2. The number of nitrogens with zero attached hydrogens (tertiary/aromatic N) is 1. The minimum atomic E-state index is 0.0373. The van der Waals surface area contributed by atoms with Crippen molar-refractivity contribution in [3.63, 3.8) is 0 Å². The predicted molar refractivity (Wildman–Crippen MR) is 74.9 cm³/mol. The average molecular weight is 246 g/mol. The van der Waals surface area contributed by atoms with Gasteiger partial charge in [-0.2, -0.15) is 0 Å². The van der Waals surface area contributed by atoms with Crippen molar-refractivity contribution >= 4 is 11.7 Å². The number of carbonyl (C=O) groups excluding carboxylic acids is 1. The van der Waals surface area contributed by atoms with E-state index in [0.29, 0.717) is 5.92 Å². The Morgan fingerprint density at radius 1 is 1.39 bits per heavy atom. The summed E-state index contributed by atoms with van der Waals surface area (Å²) in [7, 11) is 0. The van der Waals surface area contributed by atoms with Gasteiger partial charge in [0.05, 0.1) is 0 Å². The first-order chi connectivity index (χ1) is 8.56. The lowest BCUT2D eigenvalue weighted by atomic mass is 10.0. The summed E-state index contributed by atoms with van der Waals surface area (Å²) >= 11 is 0. The Bertz CT molecular complexity index is 442. The summed E-state index contributed by atoms with van der Waals surface area (Å²) in [6.07, 6.45) is 2.34. The van der Waals surface area contributed by atoms with Gasteiger partial charge < -0.3 is 10.2 Å². The summed E-state index contributed by atoms with van der Waals surface area (Å²) in [6.45, 7) is 8.01. The number of amides is 2. The molecule has 1 N–H and O–H groups in total. The predicted octanol–water partition coefficient (Wildman–Crippen LogP) is 3.57. The number of aryl methyl sites for hydroxylation is 2. The van der Waals surface area contributed by atoms with Crippen LogP contribution in [-0.4, -0.2) is 24.0 Å².